The zero-order valence-corrected chi connectivity index (χ0v) is 13.0. The molecule has 0 radical (unpaired) electrons. The highest BCUT2D eigenvalue weighted by atomic mass is 35.5. The van der Waals surface area contributed by atoms with Crippen molar-refractivity contribution in [2.45, 2.75) is 32.2 Å². The van der Waals surface area contributed by atoms with E-state index in [1.54, 1.807) is 6.20 Å². The molecule has 6 heteroatoms. The number of hydrogen-bond donors (Lipinski definition) is 2. The zero-order valence-electron chi connectivity index (χ0n) is 12.3. The number of halogens is 1. The minimum absolute atomic E-state index is 0.224. The molecule has 0 unspecified atom stereocenters. The van der Waals surface area contributed by atoms with Gasteiger partial charge in [-0.1, -0.05) is 24.6 Å². The molecule has 114 valence electrons. The molecule has 0 saturated heterocycles. The van der Waals surface area contributed by atoms with Crippen molar-refractivity contribution in [2.24, 2.45) is 0 Å². The van der Waals surface area contributed by atoms with E-state index in [0.29, 0.717) is 28.7 Å². The van der Waals surface area contributed by atoms with Crippen molar-refractivity contribution in [3.05, 3.63) is 47.0 Å². The molecule has 1 aromatic carbocycles. The smallest absolute Gasteiger partial charge is 0.259 e. The number of nitrogens with one attached hydrogen (secondary N) is 2. The number of para-hydroxylation sites is 1. The molecule has 0 atom stereocenters. The summed E-state index contributed by atoms with van der Waals surface area (Å²) in [6.45, 7) is 1.96. The van der Waals surface area contributed by atoms with Crippen LogP contribution in [0.2, 0.25) is 5.02 Å². The molecule has 1 amide bonds. The molecule has 0 bridgehead atoms. The second-order valence-corrected chi connectivity index (χ2v) is 5.68. The molecule has 2 aromatic rings. The van der Waals surface area contributed by atoms with Gasteiger partial charge in [-0.25, -0.2) is 9.97 Å². The maximum absolute atomic E-state index is 12.5. The fourth-order valence-corrected chi connectivity index (χ4v) is 2.45. The molecule has 3 rings (SSSR count). The number of aryl methyl sites for hydroxylation is 1. The molecule has 1 fully saturated rings. The lowest BCUT2D eigenvalue weighted by Gasteiger charge is -2.14. The number of nitrogens with zero attached hydrogens (tertiary/aromatic N) is 2. The predicted molar refractivity (Wildman–Crippen MR) is 87.5 cm³/mol. The maximum Gasteiger partial charge on any atom is 0.259 e. The number of carbonyl (C=O) groups excluding carboxylic acids is 1. The summed E-state index contributed by atoms with van der Waals surface area (Å²) < 4.78 is 0. The van der Waals surface area contributed by atoms with Crippen molar-refractivity contribution in [2.75, 3.05) is 10.6 Å². The number of hydrogen-bond acceptors (Lipinski definition) is 4. The van der Waals surface area contributed by atoms with Crippen molar-refractivity contribution in [3.63, 3.8) is 0 Å². The average Bonchev–Trinajstić information content (AvgIpc) is 3.34. The van der Waals surface area contributed by atoms with E-state index in [-0.39, 0.29) is 5.91 Å². The van der Waals surface area contributed by atoms with Gasteiger partial charge >= 0.3 is 0 Å². The van der Waals surface area contributed by atoms with E-state index in [1.807, 2.05) is 25.1 Å². The SMILES string of the molecule is CCc1ncncc1C(=O)Nc1cccc(Cl)c1NC1CC1. The summed E-state index contributed by atoms with van der Waals surface area (Å²) in [7, 11) is 0. The number of aromatic nitrogens is 2. The Bertz CT molecular complexity index is 700. The first-order valence-corrected chi connectivity index (χ1v) is 7.72. The van der Waals surface area contributed by atoms with E-state index in [4.69, 9.17) is 11.6 Å². The minimum Gasteiger partial charge on any atom is -0.379 e. The number of benzene rings is 1. The van der Waals surface area contributed by atoms with Crippen molar-refractivity contribution in [1.29, 1.82) is 0 Å². The Morgan fingerprint density at radius 3 is 2.95 bits per heavy atom. The molecule has 1 heterocycles. The van der Waals surface area contributed by atoms with Gasteiger partial charge in [-0.05, 0) is 31.4 Å². The largest absolute Gasteiger partial charge is 0.379 e. The van der Waals surface area contributed by atoms with Crippen LogP contribution in [0, 0.1) is 0 Å². The van der Waals surface area contributed by atoms with Crippen LogP contribution in [0.15, 0.2) is 30.7 Å². The molecule has 0 spiro atoms. The molecule has 1 aliphatic carbocycles. The normalized spacial score (nSPS) is 13.7. The van der Waals surface area contributed by atoms with Gasteiger partial charge in [0, 0.05) is 12.2 Å². The number of anilines is 2. The van der Waals surface area contributed by atoms with Crippen molar-refractivity contribution >= 4 is 28.9 Å². The minimum atomic E-state index is -0.224. The predicted octanol–water partition coefficient (Wildman–Crippen LogP) is 3.52. The van der Waals surface area contributed by atoms with Gasteiger partial charge in [-0.2, -0.15) is 0 Å². The second kappa shape index (κ2) is 6.32. The quantitative estimate of drug-likeness (QED) is 0.885. The van der Waals surface area contributed by atoms with Gasteiger partial charge in [0.25, 0.3) is 5.91 Å². The Hall–Kier alpha value is -2.14. The highest BCUT2D eigenvalue weighted by Gasteiger charge is 2.23. The molecular formula is C16H17ClN4O. The van der Waals surface area contributed by atoms with E-state index >= 15 is 0 Å². The third-order valence-corrected chi connectivity index (χ3v) is 3.88. The maximum atomic E-state index is 12.5. The lowest BCUT2D eigenvalue weighted by Crippen LogP contribution is -2.17. The summed E-state index contributed by atoms with van der Waals surface area (Å²) in [6, 6.07) is 5.91. The summed E-state index contributed by atoms with van der Waals surface area (Å²) in [5, 5.41) is 6.87. The Morgan fingerprint density at radius 2 is 2.23 bits per heavy atom. The Kier molecular flexibility index (Phi) is 4.24. The van der Waals surface area contributed by atoms with Crippen LogP contribution >= 0.6 is 11.6 Å². The van der Waals surface area contributed by atoms with Gasteiger partial charge in [0.2, 0.25) is 0 Å². The topological polar surface area (TPSA) is 66.9 Å². The zero-order chi connectivity index (χ0) is 15.5. The van der Waals surface area contributed by atoms with Gasteiger partial charge < -0.3 is 10.6 Å². The summed E-state index contributed by atoms with van der Waals surface area (Å²) in [5.41, 5.74) is 2.67. The number of rotatable bonds is 5. The number of carbonyl (C=O) groups is 1. The highest BCUT2D eigenvalue weighted by molar-refractivity contribution is 6.34. The van der Waals surface area contributed by atoms with Crippen molar-refractivity contribution in [3.8, 4) is 0 Å². The lowest BCUT2D eigenvalue weighted by molar-refractivity contribution is 0.102. The van der Waals surface area contributed by atoms with E-state index in [9.17, 15) is 4.79 Å². The Morgan fingerprint density at radius 1 is 1.41 bits per heavy atom. The summed E-state index contributed by atoms with van der Waals surface area (Å²) in [5.74, 6) is -0.224. The van der Waals surface area contributed by atoms with Crippen molar-refractivity contribution < 1.29 is 4.79 Å². The van der Waals surface area contributed by atoms with Crippen molar-refractivity contribution in [1.82, 2.24) is 9.97 Å². The first-order chi connectivity index (χ1) is 10.7. The average molecular weight is 317 g/mol. The van der Waals surface area contributed by atoms with Crippen LogP contribution in [-0.4, -0.2) is 21.9 Å². The fraction of sp³-hybridized carbons (Fsp3) is 0.312. The van der Waals surface area contributed by atoms with Crippen LogP contribution in [0.4, 0.5) is 11.4 Å². The lowest BCUT2D eigenvalue weighted by atomic mass is 10.1. The second-order valence-electron chi connectivity index (χ2n) is 5.27. The molecule has 1 aliphatic rings. The molecule has 5 nitrogen and oxygen atoms in total. The fourth-order valence-electron chi connectivity index (χ4n) is 2.22. The van der Waals surface area contributed by atoms with Gasteiger partial charge in [-0.3, -0.25) is 4.79 Å². The van der Waals surface area contributed by atoms with Crippen LogP contribution in [-0.2, 0) is 6.42 Å². The van der Waals surface area contributed by atoms with Gasteiger partial charge in [-0.15, -0.1) is 0 Å². The van der Waals surface area contributed by atoms with Gasteiger partial charge in [0.05, 0.1) is 27.7 Å². The summed E-state index contributed by atoms with van der Waals surface area (Å²) >= 11 is 6.25. The van der Waals surface area contributed by atoms with Gasteiger partial charge in [0.15, 0.2) is 0 Å². The third-order valence-electron chi connectivity index (χ3n) is 3.56. The molecule has 1 aromatic heterocycles. The molecular weight excluding hydrogens is 300 g/mol. The Balaban J connectivity index is 1.86. The summed E-state index contributed by atoms with van der Waals surface area (Å²) in [4.78, 5) is 20.6. The van der Waals surface area contributed by atoms with Crippen LogP contribution < -0.4 is 10.6 Å². The molecule has 2 N–H and O–H groups in total. The van der Waals surface area contributed by atoms with E-state index < -0.39 is 0 Å². The number of amides is 1. The summed E-state index contributed by atoms with van der Waals surface area (Å²) in [6.07, 6.45) is 5.93. The van der Waals surface area contributed by atoms with E-state index in [1.165, 1.54) is 6.33 Å². The van der Waals surface area contributed by atoms with Crippen LogP contribution in [0.3, 0.4) is 0 Å². The van der Waals surface area contributed by atoms with Crippen LogP contribution in [0.1, 0.15) is 35.8 Å². The Labute approximate surface area is 134 Å². The van der Waals surface area contributed by atoms with Crippen LogP contribution in [0.25, 0.3) is 0 Å². The molecule has 22 heavy (non-hydrogen) atoms. The van der Waals surface area contributed by atoms with Gasteiger partial charge in [0.1, 0.15) is 6.33 Å². The molecule has 1 saturated carbocycles. The highest BCUT2D eigenvalue weighted by Crippen LogP contribution is 2.35. The van der Waals surface area contributed by atoms with E-state index in [2.05, 4.69) is 20.6 Å². The first-order valence-electron chi connectivity index (χ1n) is 7.34. The monoisotopic (exact) mass is 316 g/mol. The standard InChI is InChI=1S/C16H17ClN4O/c1-2-13-11(8-18-9-19-13)16(22)21-14-5-3-4-12(17)15(14)20-10-6-7-10/h3-5,8-10,20H,2,6-7H2,1H3,(H,21,22). The third kappa shape index (κ3) is 3.20. The van der Waals surface area contributed by atoms with Crippen LogP contribution in [0.5, 0.6) is 0 Å². The molecule has 0 aliphatic heterocycles. The first kappa shape index (κ1) is 14.8. The van der Waals surface area contributed by atoms with E-state index in [0.717, 1.165) is 24.2 Å².